The van der Waals surface area contributed by atoms with Crippen LogP contribution in [0.25, 0.3) is 11.3 Å². The number of carbonyl (C=O) groups is 2. The molecule has 0 spiro atoms. The molecule has 7 nitrogen and oxygen atoms in total. The minimum atomic E-state index is -0.469. The van der Waals surface area contributed by atoms with Crippen molar-refractivity contribution < 1.29 is 9.59 Å². The van der Waals surface area contributed by atoms with Crippen LogP contribution >= 0.6 is 0 Å². The molecule has 7 heteroatoms. The third-order valence-electron chi connectivity index (χ3n) is 5.93. The highest BCUT2D eigenvalue weighted by Crippen LogP contribution is 2.50. The van der Waals surface area contributed by atoms with E-state index in [-0.39, 0.29) is 18.4 Å². The Labute approximate surface area is 174 Å². The SMILES string of the molecule is O=C(Cn1ccc(-c2cccnc2)n1)N1CCCN1C(=O)C1(c2ccccc2)CC1. The van der Waals surface area contributed by atoms with Crippen LogP contribution in [0.5, 0.6) is 0 Å². The van der Waals surface area contributed by atoms with Gasteiger partial charge in [0.25, 0.3) is 11.8 Å². The van der Waals surface area contributed by atoms with E-state index in [1.807, 2.05) is 48.5 Å². The lowest BCUT2D eigenvalue weighted by Gasteiger charge is -2.31. The number of hydrazine groups is 1. The highest BCUT2D eigenvalue weighted by atomic mass is 16.2. The first kappa shape index (κ1) is 18.5. The summed E-state index contributed by atoms with van der Waals surface area (Å²) in [6.45, 7) is 1.24. The van der Waals surface area contributed by atoms with E-state index in [4.69, 9.17) is 0 Å². The molecule has 1 aliphatic carbocycles. The smallest absolute Gasteiger partial charge is 0.262 e. The van der Waals surface area contributed by atoms with Crippen molar-refractivity contribution in [3.63, 3.8) is 0 Å². The van der Waals surface area contributed by atoms with Crippen molar-refractivity contribution in [2.45, 2.75) is 31.2 Å². The number of hydrogen-bond acceptors (Lipinski definition) is 4. The molecule has 30 heavy (non-hydrogen) atoms. The molecule has 2 aliphatic rings. The van der Waals surface area contributed by atoms with Crippen LogP contribution in [0.15, 0.2) is 67.1 Å². The summed E-state index contributed by atoms with van der Waals surface area (Å²) in [4.78, 5) is 30.5. The summed E-state index contributed by atoms with van der Waals surface area (Å²) in [6.07, 6.45) is 7.71. The molecule has 152 valence electrons. The summed E-state index contributed by atoms with van der Waals surface area (Å²) in [5.74, 6) is -0.0818. The fourth-order valence-electron chi connectivity index (χ4n) is 4.18. The van der Waals surface area contributed by atoms with Gasteiger partial charge in [-0.15, -0.1) is 0 Å². The average molecular weight is 401 g/mol. The maximum Gasteiger partial charge on any atom is 0.262 e. The Bertz CT molecular complexity index is 1060. The molecule has 0 atom stereocenters. The van der Waals surface area contributed by atoms with Gasteiger partial charge in [-0.25, -0.2) is 5.01 Å². The lowest BCUT2D eigenvalue weighted by Crippen LogP contribution is -2.49. The second-order valence-electron chi connectivity index (χ2n) is 7.89. The van der Waals surface area contributed by atoms with Gasteiger partial charge in [0, 0.05) is 37.2 Å². The topological polar surface area (TPSA) is 71.3 Å². The minimum absolute atomic E-state index is 0.0380. The van der Waals surface area contributed by atoms with Gasteiger partial charge in [-0.05, 0) is 43.0 Å². The Hall–Kier alpha value is -3.48. The molecule has 1 saturated heterocycles. The second-order valence-corrected chi connectivity index (χ2v) is 7.89. The number of amides is 2. The van der Waals surface area contributed by atoms with E-state index in [1.54, 1.807) is 33.3 Å². The zero-order valence-electron chi connectivity index (χ0n) is 16.6. The quantitative estimate of drug-likeness (QED) is 0.659. The Morgan fingerprint density at radius 1 is 0.967 bits per heavy atom. The molecule has 0 unspecified atom stereocenters. The maximum absolute atomic E-state index is 13.4. The number of carbonyl (C=O) groups excluding carboxylic acids is 2. The largest absolute Gasteiger partial charge is 0.272 e. The van der Waals surface area contributed by atoms with Gasteiger partial charge in [0.15, 0.2) is 0 Å². The van der Waals surface area contributed by atoms with Gasteiger partial charge >= 0.3 is 0 Å². The fraction of sp³-hybridized carbons (Fsp3) is 0.304. The molecule has 1 saturated carbocycles. The zero-order chi connectivity index (χ0) is 20.6. The minimum Gasteiger partial charge on any atom is -0.272 e. The first-order valence-corrected chi connectivity index (χ1v) is 10.3. The monoisotopic (exact) mass is 401 g/mol. The van der Waals surface area contributed by atoms with Gasteiger partial charge in [-0.2, -0.15) is 5.10 Å². The molecule has 5 rings (SSSR count). The third-order valence-corrected chi connectivity index (χ3v) is 5.93. The third kappa shape index (κ3) is 3.26. The molecular formula is C23H23N5O2. The van der Waals surface area contributed by atoms with Crippen LogP contribution in [-0.4, -0.2) is 49.7 Å². The number of hydrogen-bond donors (Lipinski definition) is 0. The van der Waals surface area contributed by atoms with Crippen LogP contribution in [0, 0.1) is 0 Å². The number of benzene rings is 1. The summed E-state index contributed by atoms with van der Waals surface area (Å²) in [5, 5.41) is 7.76. The molecule has 2 fully saturated rings. The van der Waals surface area contributed by atoms with E-state index in [1.165, 1.54) is 0 Å². The summed E-state index contributed by atoms with van der Waals surface area (Å²) in [6, 6.07) is 15.6. The molecule has 0 radical (unpaired) electrons. The van der Waals surface area contributed by atoms with Crippen molar-refractivity contribution >= 4 is 11.8 Å². The van der Waals surface area contributed by atoms with Crippen molar-refractivity contribution in [2.24, 2.45) is 0 Å². The van der Waals surface area contributed by atoms with Gasteiger partial charge < -0.3 is 0 Å². The van der Waals surface area contributed by atoms with E-state index >= 15 is 0 Å². The van der Waals surface area contributed by atoms with Gasteiger partial charge in [0.05, 0.1) is 11.1 Å². The standard InChI is InChI=1S/C23H23N5O2/c29-21(17-26-15-9-20(25-26)18-6-4-12-24-16-18)27-13-5-14-28(27)22(30)23(10-11-23)19-7-2-1-3-8-19/h1-4,6-9,12,15-16H,5,10-11,13-14,17H2. The normalized spacial score (nSPS) is 17.2. The van der Waals surface area contributed by atoms with Crippen LogP contribution < -0.4 is 0 Å². The molecule has 3 aromatic rings. The summed E-state index contributed by atoms with van der Waals surface area (Å²) < 4.78 is 1.62. The average Bonchev–Trinajstić information content (AvgIpc) is 3.22. The molecule has 0 bridgehead atoms. The van der Waals surface area contributed by atoms with Crippen LogP contribution in [0.2, 0.25) is 0 Å². The predicted octanol–water partition coefficient (Wildman–Crippen LogP) is 2.65. The number of pyridine rings is 1. The Morgan fingerprint density at radius 2 is 1.77 bits per heavy atom. The Balaban J connectivity index is 1.30. The highest BCUT2D eigenvalue weighted by molar-refractivity contribution is 5.93. The Kier molecular flexibility index (Phi) is 4.58. The molecule has 1 aromatic carbocycles. The molecule has 3 heterocycles. The van der Waals surface area contributed by atoms with Gasteiger partial charge in [-0.1, -0.05) is 30.3 Å². The molecule has 1 aliphatic heterocycles. The lowest BCUT2D eigenvalue weighted by atomic mass is 9.95. The first-order chi connectivity index (χ1) is 14.7. The molecule has 0 N–H and O–H groups in total. The van der Waals surface area contributed by atoms with E-state index in [0.29, 0.717) is 13.1 Å². The van der Waals surface area contributed by atoms with Crippen LogP contribution in [0.1, 0.15) is 24.8 Å². The van der Waals surface area contributed by atoms with E-state index in [9.17, 15) is 9.59 Å². The summed E-state index contributed by atoms with van der Waals surface area (Å²) >= 11 is 0. The summed E-state index contributed by atoms with van der Waals surface area (Å²) in [5.41, 5.74) is 2.25. The van der Waals surface area contributed by atoms with E-state index < -0.39 is 5.41 Å². The van der Waals surface area contributed by atoms with Crippen molar-refractivity contribution in [1.29, 1.82) is 0 Å². The predicted molar refractivity (Wildman–Crippen MR) is 111 cm³/mol. The summed E-state index contributed by atoms with van der Waals surface area (Å²) in [7, 11) is 0. The number of aromatic nitrogens is 3. The molecular weight excluding hydrogens is 378 g/mol. The van der Waals surface area contributed by atoms with Crippen LogP contribution in [0.4, 0.5) is 0 Å². The van der Waals surface area contributed by atoms with Gasteiger partial charge in [0.1, 0.15) is 6.54 Å². The van der Waals surface area contributed by atoms with Crippen LogP contribution in [-0.2, 0) is 21.5 Å². The molecule has 2 amide bonds. The second kappa shape index (κ2) is 7.40. The fourth-order valence-corrected chi connectivity index (χ4v) is 4.18. The number of rotatable bonds is 5. The highest BCUT2D eigenvalue weighted by Gasteiger charge is 2.54. The van der Waals surface area contributed by atoms with Crippen LogP contribution in [0.3, 0.4) is 0 Å². The van der Waals surface area contributed by atoms with E-state index in [0.717, 1.165) is 36.1 Å². The Morgan fingerprint density at radius 3 is 2.50 bits per heavy atom. The van der Waals surface area contributed by atoms with Crippen molar-refractivity contribution in [2.75, 3.05) is 13.1 Å². The maximum atomic E-state index is 13.4. The lowest BCUT2D eigenvalue weighted by molar-refractivity contribution is -0.160. The van der Waals surface area contributed by atoms with E-state index in [2.05, 4.69) is 10.1 Å². The van der Waals surface area contributed by atoms with Gasteiger partial charge in [-0.3, -0.25) is 24.3 Å². The van der Waals surface area contributed by atoms with Crippen molar-refractivity contribution in [1.82, 2.24) is 24.8 Å². The van der Waals surface area contributed by atoms with Gasteiger partial charge in [0.2, 0.25) is 0 Å². The van der Waals surface area contributed by atoms with Crippen molar-refractivity contribution in [3.8, 4) is 11.3 Å². The van der Waals surface area contributed by atoms with Crippen molar-refractivity contribution in [3.05, 3.63) is 72.7 Å². The molecule has 2 aromatic heterocycles. The zero-order valence-corrected chi connectivity index (χ0v) is 16.6. The number of nitrogens with zero attached hydrogens (tertiary/aromatic N) is 5. The first-order valence-electron chi connectivity index (χ1n) is 10.3.